The quantitative estimate of drug-likeness (QED) is 0.607. The summed E-state index contributed by atoms with van der Waals surface area (Å²) in [4.78, 5) is 11.2. The molecule has 0 rings (SSSR count). The van der Waals surface area contributed by atoms with Crippen LogP contribution < -0.4 is 5.32 Å². The number of hydrogen-bond donors (Lipinski definition) is 2. The largest absolute Gasteiger partial charge is 0.396 e. The zero-order chi connectivity index (χ0) is 10.8. The van der Waals surface area contributed by atoms with Gasteiger partial charge in [-0.2, -0.15) is 0 Å². The van der Waals surface area contributed by atoms with Crippen molar-refractivity contribution in [3.8, 4) is 0 Å². The molecule has 0 atom stereocenters. The maximum atomic E-state index is 11.2. The lowest BCUT2D eigenvalue weighted by Gasteiger charge is -2.06. The van der Waals surface area contributed by atoms with Gasteiger partial charge in [0.25, 0.3) is 0 Å². The third-order valence-electron chi connectivity index (χ3n) is 1.70. The van der Waals surface area contributed by atoms with E-state index in [2.05, 4.69) is 19.2 Å². The van der Waals surface area contributed by atoms with Crippen LogP contribution in [0.4, 0.5) is 0 Å². The lowest BCUT2D eigenvalue weighted by atomic mass is 10.2. The predicted octanol–water partition coefficient (Wildman–Crippen LogP) is 1.41. The van der Waals surface area contributed by atoms with Crippen molar-refractivity contribution in [2.45, 2.75) is 38.4 Å². The molecule has 0 aliphatic carbocycles. The Hall–Kier alpha value is -0.220. The second-order valence-electron chi connectivity index (χ2n) is 3.49. The highest BCUT2D eigenvalue weighted by atomic mass is 32.2. The topological polar surface area (TPSA) is 49.3 Å². The van der Waals surface area contributed by atoms with Crippen LogP contribution in [0.5, 0.6) is 0 Å². The molecule has 84 valence electrons. The molecule has 1 amide bonds. The molecule has 0 aliphatic heterocycles. The highest BCUT2D eigenvalue weighted by Crippen LogP contribution is 2.07. The van der Waals surface area contributed by atoms with E-state index in [9.17, 15) is 4.79 Å². The minimum Gasteiger partial charge on any atom is -0.396 e. The monoisotopic (exact) mass is 219 g/mol. The number of carbonyl (C=O) groups is 1. The summed E-state index contributed by atoms with van der Waals surface area (Å²) in [5.74, 6) is 0.671. The van der Waals surface area contributed by atoms with E-state index in [1.165, 1.54) is 0 Å². The van der Waals surface area contributed by atoms with Gasteiger partial charge in [0.2, 0.25) is 5.91 Å². The lowest BCUT2D eigenvalue weighted by Crippen LogP contribution is -2.26. The fourth-order valence-corrected chi connectivity index (χ4v) is 1.52. The van der Waals surface area contributed by atoms with E-state index < -0.39 is 0 Å². The lowest BCUT2D eigenvalue weighted by molar-refractivity contribution is -0.118. The van der Waals surface area contributed by atoms with Gasteiger partial charge in [-0.25, -0.2) is 0 Å². The van der Waals surface area contributed by atoms with Gasteiger partial charge in [-0.3, -0.25) is 4.79 Å². The second kappa shape index (κ2) is 9.34. The van der Waals surface area contributed by atoms with E-state index in [1.54, 1.807) is 11.8 Å². The van der Waals surface area contributed by atoms with Crippen LogP contribution in [0.2, 0.25) is 0 Å². The van der Waals surface area contributed by atoms with Crippen LogP contribution in [0.3, 0.4) is 0 Å². The van der Waals surface area contributed by atoms with Crippen LogP contribution in [0.1, 0.15) is 33.1 Å². The van der Waals surface area contributed by atoms with E-state index >= 15 is 0 Å². The molecule has 0 aromatic heterocycles. The standard InChI is InChI=1S/C10H21NO2S/c1-9(2)14-8-10(13)11-6-4-3-5-7-12/h9,12H,3-8H2,1-2H3,(H,11,13). The van der Waals surface area contributed by atoms with Crippen molar-refractivity contribution < 1.29 is 9.90 Å². The van der Waals surface area contributed by atoms with Crippen molar-refractivity contribution in [2.75, 3.05) is 18.9 Å². The maximum absolute atomic E-state index is 11.2. The number of nitrogens with one attached hydrogen (secondary N) is 1. The molecule has 4 heteroatoms. The first-order chi connectivity index (χ1) is 6.66. The van der Waals surface area contributed by atoms with Gasteiger partial charge in [0, 0.05) is 13.2 Å². The minimum absolute atomic E-state index is 0.118. The van der Waals surface area contributed by atoms with Crippen LogP contribution in [-0.4, -0.2) is 35.2 Å². The summed E-state index contributed by atoms with van der Waals surface area (Å²) in [5, 5.41) is 11.9. The summed E-state index contributed by atoms with van der Waals surface area (Å²) in [7, 11) is 0. The average molecular weight is 219 g/mol. The highest BCUT2D eigenvalue weighted by Gasteiger charge is 2.02. The number of thioether (sulfide) groups is 1. The van der Waals surface area contributed by atoms with Crippen molar-refractivity contribution in [3.05, 3.63) is 0 Å². The zero-order valence-electron chi connectivity index (χ0n) is 9.08. The number of hydrogen-bond acceptors (Lipinski definition) is 3. The Morgan fingerprint density at radius 3 is 2.64 bits per heavy atom. The first-order valence-electron chi connectivity index (χ1n) is 5.16. The van der Waals surface area contributed by atoms with Gasteiger partial charge < -0.3 is 10.4 Å². The van der Waals surface area contributed by atoms with Crippen molar-refractivity contribution in [1.29, 1.82) is 0 Å². The molecule has 0 saturated carbocycles. The van der Waals surface area contributed by atoms with Gasteiger partial charge in [0.15, 0.2) is 0 Å². The number of amides is 1. The summed E-state index contributed by atoms with van der Waals surface area (Å²) in [6.07, 6.45) is 2.77. The molecule has 0 aromatic rings. The Morgan fingerprint density at radius 1 is 1.36 bits per heavy atom. The molecule has 2 N–H and O–H groups in total. The number of aliphatic hydroxyl groups is 1. The van der Waals surface area contributed by atoms with E-state index in [0.717, 1.165) is 25.8 Å². The number of carbonyl (C=O) groups excluding carboxylic acids is 1. The Labute approximate surface area is 90.7 Å². The van der Waals surface area contributed by atoms with Gasteiger partial charge >= 0.3 is 0 Å². The SMILES string of the molecule is CC(C)SCC(=O)NCCCCCO. The molecule has 3 nitrogen and oxygen atoms in total. The van der Waals surface area contributed by atoms with E-state index in [-0.39, 0.29) is 12.5 Å². The highest BCUT2D eigenvalue weighted by molar-refractivity contribution is 8.00. The summed E-state index contributed by atoms with van der Waals surface area (Å²) in [6.45, 7) is 5.15. The summed E-state index contributed by atoms with van der Waals surface area (Å²) in [6, 6.07) is 0. The van der Waals surface area contributed by atoms with Gasteiger partial charge in [-0.05, 0) is 24.5 Å². The Balaban J connectivity index is 3.18. The van der Waals surface area contributed by atoms with Crippen molar-refractivity contribution in [2.24, 2.45) is 0 Å². The number of rotatable bonds is 8. The third-order valence-corrected chi connectivity index (χ3v) is 2.80. The van der Waals surface area contributed by atoms with Crippen LogP contribution in [-0.2, 0) is 4.79 Å². The molecule has 0 saturated heterocycles. The number of unbranched alkanes of at least 4 members (excludes halogenated alkanes) is 2. The van der Waals surface area contributed by atoms with Crippen LogP contribution in [0, 0.1) is 0 Å². The summed E-state index contributed by atoms with van der Waals surface area (Å²) < 4.78 is 0. The molecular formula is C10H21NO2S. The molecule has 0 fully saturated rings. The van der Waals surface area contributed by atoms with E-state index in [4.69, 9.17) is 5.11 Å². The second-order valence-corrected chi connectivity index (χ2v) is 5.06. The summed E-state index contributed by atoms with van der Waals surface area (Å²) in [5.41, 5.74) is 0. The Kier molecular flexibility index (Phi) is 9.19. The fourth-order valence-electron chi connectivity index (χ4n) is 0.935. The van der Waals surface area contributed by atoms with Crippen molar-refractivity contribution in [1.82, 2.24) is 5.32 Å². The normalized spacial score (nSPS) is 10.6. The first-order valence-corrected chi connectivity index (χ1v) is 6.21. The third kappa shape index (κ3) is 9.86. The van der Waals surface area contributed by atoms with Crippen LogP contribution in [0.25, 0.3) is 0 Å². The Bertz CT molecular complexity index is 151. The van der Waals surface area contributed by atoms with Crippen molar-refractivity contribution >= 4 is 17.7 Å². The van der Waals surface area contributed by atoms with Crippen LogP contribution >= 0.6 is 11.8 Å². The first kappa shape index (κ1) is 13.8. The van der Waals surface area contributed by atoms with Crippen molar-refractivity contribution in [3.63, 3.8) is 0 Å². The van der Waals surface area contributed by atoms with Crippen LogP contribution in [0.15, 0.2) is 0 Å². The molecule has 0 unspecified atom stereocenters. The van der Waals surface area contributed by atoms with Gasteiger partial charge in [-0.1, -0.05) is 13.8 Å². The number of aliphatic hydroxyl groups excluding tert-OH is 1. The molecule has 0 heterocycles. The molecule has 0 radical (unpaired) electrons. The van der Waals surface area contributed by atoms with Gasteiger partial charge in [-0.15, -0.1) is 11.8 Å². The maximum Gasteiger partial charge on any atom is 0.230 e. The molecule has 0 aliphatic rings. The smallest absolute Gasteiger partial charge is 0.230 e. The summed E-state index contributed by atoms with van der Waals surface area (Å²) >= 11 is 1.66. The molecule has 0 spiro atoms. The van der Waals surface area contributed by atoms with Gasteiger partial charge in [0.05, 0.1) is 5.75 Å². The fraction of sp³-hybridized carbons (Fsp3) is 0.900. The average Bonchev–Trinajstić information content (AvgIpc) is 2.14. The molecule has 0 bridgehead atoms. The van der Waals surface area contributed by atoms with Gasteiger partial charge in [0.1, 0.15) is 0 Å². The predicted molar refractivity (Wildman–Crippen MR) is 61.5 cm³/mol. The molecular weight excluding hydrogens is 198 g/mol. The minimum atomic E-state index is 0.118. The molecule has 14 heavy (non-hydrogen) atoms. The van der Waals surface area contributed by atoms with E-state index in [1.807, 2.05) is 0 Å². The Morgan fingerprint density at radius 2 is 2.07 bits per heavy atom. The van der Waals surface area contributed by atoms with E-state index in [0.29, 0.717) is 11.0 Å². The molecule has 0 aromatic carbocycles. The zero-order valence-corrected chi connectivity index (χ0v) is 9.90.